The van der Waals surface area contributed by atoms with E-state index >= 15 is 0 Å². The van der Waals surface area contributed by atoms with E-state index in [1.165, 1.54) is 4.90 Å². The van der Waals surface area contributed by atoms with Gasteiger partial charge in [-0.3, -0.25) is 9.59 Å². The summed E-state index contributed by atoms with van der Waals surface area (Å²) in [6, 6.07) is 21.3. The highest BCUT2D eigenvalue weighted by atomic mass is 16.5. The largest absolute Gasteiger partial charge is 0.507 e. The van der Waals surface area contributed by atoms with Crippen molar-refractivity contribution in [3.63, 3.8) is 0 Å². The number of aliphatic hydroxyl groups is 1. The van der Waals surface area contributed by atoms with Gasteiger partial charge in [-0.25, -0.2) is 0 Å². The molecule has 0 unspecified atom stereocenters. The number of Topliss-reactive ketones (excluding diaryl/α,β-unsaturated/α-hetero) is 1. The molecule has 2 atom stereocenters. The fraction of sp³-hybridized carbons (Fsp3) is 0.200. The monoisotopic (exact) mass is 481 g/mol. The van der Waals surface area contributed by atoms with Gasteiger partial charge >= 0.3 is 0 Å². The van der Waals surface area contributed by atoms with Gasteiger partial charge in [-0.1, -0.05) is 55.1 Å². The Morgan fingerprint density at radius 1 is 1.11 bits per heavy atom. The summed E-state index contributed by atoms with van der Waals surface area (Å²) in [4.78, 5) is 28.1. The molecule has 0 aliphatic carbocycles. The van der Waals surface area contributed by atoms with Gasteiger partial charge in [0.1, 0.15) is 30.0 Å². The van der Waals surface area contributed by atoms with Gasteiger partial charge in [0.15, 0.2) is 0 Å². The number of ketones is 1. The molecule has 2 aliphatic heterocycles. The lowest BCUT2D eigenvalue weighted by Crippen LogP contribution is -2.29. The number of carbonyl (C=O) groups is 2. The fourth-order valence-corrected chi connectivity index (χ4v) is 4.80. The van der Waals surface area contributed by atoms with E-state index in [2.05, 4.69) is 6.58 Å². The average molecular weight is 482 g/mol. The van der Waals surface area contributed by atoms with Crippen LogP contribution in [0, 0.1) is 0 Å². The molecule has 2 aliphatic rings. The zero-order valence-corrected chi connectivity index (χ0v) is 20.0. The summed E-state index contributed by atoms with van der Waals surface area (Å²) in [5.41, 5.74) is 3.11. The third kappa shape index (κ3) is 4.38. The van der Waals surface area contributed by atoms with Gasteiger partial charge in [0.25, 0.3) is 11.7 Å². The highest BCUT2D eigenvalue weighted by Crippen LogP contribution is 2.41. The van der Waals surface area contributed by atoms with E-state index in [4.69, 9.17) is 9.47 Å². The van der Waals surface area contributed by atoms with Crippen molar-refractivity contribution in [1.29, 1.82) is 0 Å². The molecule has 3 aromatic rings. The maximum absolute atomic E-state index is 13.3. The second-order valence-electron chi connectivity index (χ2n) is 9.04. The van der Waals surface area contributed by atoms with E-state index in [9.17, 15) is 14.7 Å². The lowest BCUT2D eigenvalue weighted by atomic mass is 9.94. The van der Waals surface area contributed by atoms with Crippen LogP contribution in [0.5, 0.6) is 11.5 Å². The van der Waals surface area contributed by atoms with Crippen molar-refractivity contribution in [2.24, 2.45) is 0 Å². The number of nitrogens with zero attached hydrogens (tertiary/aromatic N) is 1. The van der Waals surface area contributed by atoms with E-state index in [0.717, 1.165) is 16.9 Å². The maximum Gasteiger partial charge on any atom is 0.295 e. The molecule has 2 heterocycles. The van der Waals surface area contributed by atoms with Crippen molar-refractivity contribution in [2.75, 3.05) is 6.61 Å². The minimum Gasteiger partial charge on any atom is -0.507 e. The number of benzene rings is 3. The van der Waals surface area contributed by atoms with Crippen LogP contribution in [0.15, 0.2) is 91.0 Å². The number of amides is 1. The van der Waals surface area contributed by atoms with Gasteiger partial charge in [0.2, 0.25) is 0 Å². The molecular formula is C30H27NO5. The Balaban J connectivity index is 1.59. The predicted molar refractivity (Wildman–Crippen MR) is 137 cm³/mol. The second kappa shape index (κ2) is 9.74. The van der Waals surface area contributed by atoms with Crippen LogP contribution in [-0.4, -0.2) is 34.4 Å². The number of carbonyl (C=O) groups excluding carboxylic acids is 2. The molecule has 0 saturated carbocycles. The second-order valence-corrected chi connectivity index (χ2v) is 9.04. The normalized spacial score (nSPS) is 20.2. The number of aliphatic hydroxyl groups excluding tert-OH is 1. The molecule has 3 aromatic carbocycles. The molecule has 1 fully saturated rings. The SMILES string of the molecule is C=CCOc1ccc([C@@H]2/C(=C(\O)c3ccc4c(c3)C[C@H](C)O4)C(=O)C(=O)N2Cc2ccccc2)cc1. The van der Waals surface area contributed by atoms with Gasteiger partial charge in [-0.15, -0.1) is 0 Å². The summed E-state index contributed by atoms with van der Waals surface area (Å²) in [6.45, 7) is 6.24. The number of fused-ring (bicyclic) bond motifs is 1. The Morgan fingerprint density at radius 3 is 2.58 bits per heavy atom. The fourth-order valence-electron chi connectivity index (χ4n) is 4.80. The van der Waals surface area contributed by atoms with Gasteiger partial charge in [0.05, 0.1) is 11.6 Å². The molecule has 36 heavy (non-hydrogen) atoms. The molecular weight excluding hydrogens is 454 g/mol. The summed E-state index contributed by atoms with van der Waals surface area (Å²) >= 11 is 0. The van der Waals surface area contributed by atoms with E-state index in [1.54, 1.807) is 30.3 Å². The van der Waals surface area contributed by atoms with Crippen molar-refractivity contribution in [2.45, 2.75) is 32.0 Å². The number of hydrogen-bond acceptors (Lipinski definition) is 5. The zero-order valence-electron chi connectivity index (χ0n) is 20.0. The number of rotatable bonds is 7. The smallest absolute Gasteiger partial charge is 0.295 e. The Bertz CT molecular complexity index is 1340. The van der Waals surface area contributed by atoms with Gasteiger partial charge < -0.3 is 19.5 Å². The van der Waals surface area contributed by atoms with Crippen LogP contribution in [0.25, 0.3) is 5.76 Å². The summed E-state index contributed by atoms with van der Waals surface area (Å²) in [6.07, 6.45) is 2.43. The molecule has 1 saturated heterocycles. The minimum absolute atomic E-state index is 0.0515. The third-order valence-electron chi connectivity index (χ3n) is 6.47. The van der Waals surface area contributed by atoms with Crippen LogP contribution in [0.3, 0.4) is 0 Å². The standard InChI is InChI=1S/C30H27NO5/c1-3-15-35-24-12-9-21(10-13-24)27-26(28(32)22-11-14-25-23(17-22)16-19(2)36-25)29(33)30(34)31(27)18-20-7-5-4-6-8-20/h3-14,17,19,27,32H,1,15-16,18H2,2H3/b28-26+/t19-,27+/m0/s1. The lowest BCUT2D eigenvalue weighted by Gasteiger charge is -2.25. The summed E-state index contributed by atoms with van der Waals surface area (Å²) < 4.78 is 11.4. The molecule has 0 aromatic heterocycles. The highest BCUT2D eigenvalue weighted by Gasteiger charge is 2.46. The first-order chi connectivity index (χ1) is 17.5. The maximum atomic E-state index is 13.3. The number of ether oxygens (including phenoxy) is 2. The number of likely N-dealkylation sites (tertiary alicyclic amines) is 1. The van der Waals surface area contributed by atoms with Gasteiger partial charge in [-0.2, -0.15) is 0 Å². The van der Waals surface area contributed by atoms with Crippen molar-refractivity contribution in [1.82, 2.24) is 4.90 Å². The lowest BCUT2D eigenvalue weighted by molar-refractivity contribution is -0.140. The van der Waals surface area contributed by atoms with Gasteiger partial charge in [-0.05, 0) is 53.9 Å². The van der Waals surface area contributed by atoms with Crippen LogP contribution < -0.4 is 9.47 Å². The van der Waals surface area contributed by atoms with Crippen LogP contribution in [0.2, 0.25) is 0 Å². The molecule has 1 amide bonds. The topological polar surface area (TPSA) is 76.1 Å². The van der Waals surface area contributed by atoms with Crippen molar-refractivity contribution in [3.8, 4) is 11.5 Å². The third-order valence-corrected chi connectivity index (χ3v) is 6.47. The summed E-state index contributed by atoms with van der Waals surface area (Å²) in [5.74, 6) is -0.120. The van der Waals surface area contributed by atoms with Crippen LogP contribution >= 0.6 is 0 Å². The first-order valence-corrected chi connectivity index (χ1v) is 11.9. The first kappa shape index (κ1) is 23.4. The molecule has 1 N–H and O–H groups in total. The van der Waals surface area contributed by atoms with E-state index in [1.807, 2.05) is 55.5 Å². The van der Waals surface area contributed by atoms with Crippen molar-refractivity contribution < 1.29 is 24.2 Å². The highest BCUT2D eigenvalue weighted by molar-refractivity contribution is 6.46. The van der Waals surface area contributed by atoms with E-state index in [-0.39, 0.29) is 24.0 Å². The van der Waals surface area contributed by atoms with Crippen molar-refractivity contribution in [3.05, 3.63) is 113 Å². The van der Waals surface area contributed by atoms with E-state index < -0.39 is 17.7 Å². The Hall–Kier alpha value is -4.32. The Morgan fingerprint density at radius 2 is 1.86 bits per heavy atom. The predicted octanol–water partition coefficient (Wildman–Crippen LogP) is 5.20. The molecule has 6 nitrogen and oxygen atoms in total. The van der Waals surface area contributed by atoms with Crippen LogP contribution in [-0.2, 0) is 22.6 Å². The van der Waals surface area contributed by atoms with Crippen molar-refractivity contribution >= 4 is 17.4 Å². The molecule has 6 heteroatoms. The minimum atomic E-state index is -0.748. The molecule has 182 valence electrons. The molecule has 0 spiro atoms. The summed E-state index contributed by atoms with van der Waals surface area (Å²) in [5, 5.41) is 11.4. The average Bonchev–Trinajstić information content (AvgIpc) is 3.39. The Labute approximate surface area is 210 Å². The van der Waals surface area contributed by atoms with Crippen LogP contribution in [0.1, 0.15) is 35.2 Å². The Kier molecular flexibility index (Phi) is 6.34. The van der Waals surface area contributed by atoms with Gasteiger partial charge in [0, 0.05) is 18.5 Å². The first-order valence-electron chi connectivity index (χ1n) is 11.9. The number of hydrogen-bond donors (Lipinski definition) is 1. The van der Waals surface area contributed by atoms with Crippen LogP contribution in [0.4, 0.5) is 0 Å². The quantitative estimate of drug-likeness (QED) is 0.217. The zero-order chi connectivity index (χ0) is 25.2. The summed E-state index contributed by atoms with van der Waals surface area (Å²) in [7, 11) is 0. The van der Waals surface area contributed by atoms with E-state index in [0.29, 0.717) is 29.9 Å². The molecule has 0 bridgehead atoms. The molecule has 0 radical (unpaired) electrons. The molecule has 5 rings (SSSR count).